The quantitative estimate of drug-likeness (QED) is 0.601. The van der Waals surface area contributed by atoms with E-state index in [9.17, 15) is 10.1 Å². The summed E-state index contributed by atoms with van der Waals surface area (Å²) >= 11 is 3.34. The van der Waals surface area contributed by atoms with E-state index in [0.717, 1.165) is 10.0 Å². The number of anilines is 1. The Balaban J connectivity index is 2.16. The van der Waals surface area contributed by atoms with Crippen LogP contribution in [0.1, 0.15) is 30.9 Å². The molecule has 0 atom stereocenters. The zero-order chi connectivity index (χ0) is 16.8. The number of hydrogen-bond acceptors (Lipinski definition) is 2. The average Bonchev–Trinajstić information content (AvgIpc) is 2.55. The molecule has 0 radical (unpaired) electrons. The van der Waals surface area contributed by atoms with Gasteiger partial charge in [-0.25, -0.2) is 0 Å². The Morgan fingerprint density at radius 2 is 1.74 bits per heavy atom. The van der Waals surface area contributed by atoms with Crippen molar-refractivity contribution in [2.75, 3.05) is 5.32 Å². The topological polar surface area (TPSA) is 52.9 Å². The maximum absolute atomic E-state index is 12.2. The molecule has 3 nitrogen and oxygen atoms in total. The van der Waals surface area contributed by atoms with Gasteiger partial charge in [-0.3, -0.25) is 4.79 Å². The molecule has 1 amide bonds. The maximum atomic E-state index is 12.2. The largest absolute Gasteiger partial charge is 0.321 e. The number of carbonyl (C=O) groups is 1. The van der Waals surface area contributed by atoms with Gasteiger partial charge in [0.2, 0.25) is 0 Å². The summed E-state index contributed by atoms with van der Waals surface area (Å²) in [7, 11) is 0. The third-order valence-corrected chi connectivity index (χ3v) is 3.91. The fraction of sp³-hybridized carbons (Fsp3) is 0.158. The lowest BCUT2D eigenvalue weighted by Crippen LogP contribution is -2.13. The first-order valence-electron chi connectivity index (χ1n) is 7.28. The Morgan fingerprint density at radius 1 is 1.13 bits per heavy atom. The number of benzene rings is 2. The van der Waals surface area contributed by atoms with Crippen molar-refractivity contribution in [2.45, 2.75) is 19.8 Å². The van der Waals surface area contributed by atoms with Crippen molar-refractivity contribution in [3.8, 4) is 6.07 Å². The lowest BCUT2D eigenvalue weighted by Gasteiger charge is -2.06. The zero-order valence-corrected chi connectivity index (χ0v) is 14.6. The van der Waals surface area contributed by atoms with Gasteiger partial charge in [0.05, 0.1) is 0 Å². The summed E-state index contributed by atoms with van der Waals surface area (Å²) in [6, 6.07) is 17.0. The summed E-state index contributed by atoms with van der Waals surface area (Å²) < 4.78 is 0.928. The molecule has 23 heavy (non-hydrogen) atoms. The molecule has 0 spiro atoms. The van der Waals surface area contributed by atoms with E-state index in [2.05, 4.69) is 35.1 Å². The van der Waals surface area contributed by atoms with Crippen molar-refractivity contribution < 1.29 is 4.79 Å². The minimum atomic E-state index is -0.414. The first-order valence-corrected chi connectivity index (χ1v) is 8.07. The fourth-order valence-corrected chi connectivity index (χ4v) is 2.29. The summed E-state index contributed by atoms with van der Waals surface area (Å²) in [5, 5.41) is 12.0. The van der Waals surface area contributed by atoms with Crippen LogP contribution in [-0.4, -0.2) is 5.91 Å². The molecule has 2 rings (SSSR count). The lowest BCUT2D eigenvalue weighted by atomic mass is 10.0. The minimum Gasteiger partial charge on any atom is -0.321 e. The van der Waals surface area contributed by atoms with E-state index in [1.54, 1.807) is 18.2 Å². The highest BCUT2D eigenvalue weighted by atomic mass is 79.9. The standard InChI is InChI=1S/C19H17BrN2O/c1-13(2)15-5-3-14(4-6-15)11-16(12-21)19(23)22-18-9-7-17(20)8-10-18/h3-11,13H,1-2H3,(H,22,23). The molecule has 0 aliphatic rings. The molecule has 0 aromatic heterocycles. The van der Waals surface area contributed by atoms with Crippen LogP contribution in [-0.2, 0) is 4.79 Å². The predicted molar refractivity (Wildman–Crippen MR) is 96.9 cm³/mol. The van der Waals surface area contributed by atoms with Crippen LogP contribution in [0, 0.1) is 11.3 Å². The molecule has 2 aromatic carbocycles. The van der Waals surface area contributed by atoms with Crippen molar-refractivity contribution in [1.82, 2.24) is 0 Å². The van der Waals surface area contributed by atoms with E-state index in [4.69, 9.17) is 0 Å². The van der Waals surface area contributed by atoms with Crippen LogP contribution in [0.4, 0.5) is 5.69 Å². The summed E-state index contributed by atoms with van der Waals surface area (Å²) in [6.45, 7) is 4.24. The van der Waals surface area contributed by atoms with Gasteiger partial charge in [-0.05, 0) is 47.4 Å². The highest BCUT2D eigenvalue weighted by Crippen LogP contribution is 2.18. The molecule has 0 heterocycles. The molecule has 0 saturated heterocycles. The molecule has 0 bridgehead atoms. The third kappa shape index (κ3) is 4.80. The van der Waals surface area contributed by atoms with Gasteiger partial charge in [-0.15, -0.1) is 0 Å². The fourth-order valence-electron chi connectivity index (χ4n) is 2.02. The number of rotatable bonds is 4. The second-order valence-corrected chi connectivity index (χ2v) is 6.37. The molecule has 0 aliphatic carbocycles. The molecule has 116 valence electrons. The van der Waals surface area contributed by atoms with Gasteiger partial charge < -0.3 is 5.32 Å². The highest BCUT2D eigenvalue weighted by molar-refractivity contribution is 9.10. The van der Waals surface area contributed by atoms with Gasteiger partial charge in [0.15, 0.2) is 0 Å². The second-order valence-electron chi connectivity index (χ2n) is 5.45. The van der Waals surface area contributed by atoms with E-state index in [1.807, 2.05) is 42.5 Å². The molecule has 0 unspecified atom stereocenters. The van der Waals surface area contributed by atoms with Crippen molar-refractivity contribution in [3.63, 3.8) is 0 Å². The Labute approximate surface area is 144 Å². The molecular formula is C19H17BrN2O. The van der Waals surface area contributed by atoms with Gasteiger partial charge in [0.25, 0.3) is 5.91 Å². The number of nitrogens with zero attached hydrogens (tertiary/aromatic N) is 1. The van der Waals surface area contributed by atoms with Crippen molar-refractivity contribution in [1.29, 1.82) is 5.26 Å². The second kappa shape index (κ2) is 7.75. The highest BCUT2D eigenvalue weighted by Gasteiger charge is 2.09. The van der Waals surface area contributed by atoms with Crippen LogP contribution in [0.25, 0.3) is 6.08 Å². The van der Waals surface area contributed by atoms with Gasteiger partial charge >= 0.3 is 0 Å². The normalized spacial score (nSPS) is 11.2. The Hall–Kier alpha value is -2.38. The number of hydrogen-bond donors (Lipinski definition) is 1. The van der Waals surface area contributed by atoms with Crippen molar-refractivity contribution >= 4 is 33.6 Å². The van der Waals surface area contributed by atoms with E-state index in [0.29, 0.717) is 11.6 Å². The first kappa shape index (κ1) is 17.0. The molecule has 0 aliphatic heterocycles. The summed E-state index contributed by atoms with van der Waals surface area (Å²) in [6.07, 6.45) is 1.60. The SMILES string of the molecule is CC(C)c1ccc(C=C(C#N)C(=O)Nc2ccc(Br)cc2)cc1. The predicted octanol–water partition coefficient (Wildman–Crippen LogP) is 5.12. The van der Waals surface area contributed by atoms with Crippen molar-refractivity contribution in [3.05, 3.63) is 69.7 Å². The number of halogens is 1. The van der Waals surface area contributed by atoms with Crippen LogP contribution < -0.4 is 5.32 Å². The maximum Gasteiger partial charge on any atom is 0.266 e. The number of nitrogens with one attached hydrogen (secondary N) is 1. The van der Waals surface area contributed by atoms with Gasteiger partial charge in [-0.2, -0.15) is 5.26 Å². The third-order valence-electron chi connectivity index (χ3n) is 3.38. The lowest BCUT2D eigenvalue weighted by molar-refractivity contribution is -0.112. The van der Waals surface area contributed by atoms with Crippen LogP contribution in [0.15, 0.2) is 58.6 Å². The summed E-state index contributed by atoms with van der Waals surface area (Å²) in [4.78, 5) is 12.2. The van der Waals surface area contributed by atoms with Gasteiger partial charge in [-0.1, -0.05) is 54.0 Å². The smallest absolute Gasteiger partial charge is 0.266 e. The minimum absolute atomic E-state index is 0.0743. The van der Waals surface area contributed by atoms with Crippen molar-refractivity contribution in [2.24, 2.45) is 0 Å². The van der Waals surface area contributed by atoms with E-state index in [1.165, 1.54) is 5.56 Å². The number of amides is 1. The van der Waals surface area contributed by atoms with E-state index in [-0.39, 0.29) is 5.57 Å². The monoisotopic (exact) mass is 368 g/mol. The van der Waals surface area contributed by atoms with E-state index >= 15 is 0 Å². The number of nitriles is 1. The van der Waals surface area contributed by atoms with Crippen LogP contribution in [0.3, 0.4) is 0 Å². The Morgan fingerprint density at radius 3 is 2.26 bits per heavy atom. The molecule has 1 N–H and O–H groups in total. The molecule has 0 fully saturated rings. The zero-order valence-electron chi connectivity index (χ0n) is 13.0. The molecule has 0 saturated carbocycles. The van der Waals surface area contributed by atoms with Crippen LogP contribution in [0.2, 0.25) is 0 Å². The first-order chi connectivity index (χ1) is 11.0. The molecular weight excluding hydrogens is 352 g/mol. The summed E-state index contributed by atoms with van der Waals surface area (Å²) in [5.41, 5.74) is 2.77. The molecule has 4 heteroatoms. The Kier molecular flexibility index (Phi) is 5.72. The molecule has 2 aromatic rings. The number of carbonyl (C=O) groups excluding carboxylic acids is 1. The van der Waals surface area contributed by atoms with Gasteiger partial charge in [0, 0.05) is 10.2 Å². The van der Waals surface area contributed by atoms with E-state index < -0.39 is 5.91 Å². The Bertz CT molecular complexity index is 753. The van der Waals surface area contributed by atoms with Crippen LogP contribution in [0.5, 0.6) is 0 Å². The van der Waals surface area contributed by atoms with Gasteiger partial charge in [0.1, 0.15) is 11.6 Å². The average molecular weight is 369 g/mol. The van der Waals surface area contributed by atoms with Crippen LogP contribution >= 0.6 is 15.9 Å². The summed E-state index contributed by atoms with van der Waals surface area (Å²) in [5.74, 6) is 0.0342.